The van der Waals surface area contributed by atoms with E-state index in [0.29, 0.717) is 0 Å². The maximum Gasteiger partial charge on any atom is 0.198 e. The monoisotopic (exact) mass is 166 g/mol. The molecule has 1 unspecified atom stereocenters. The summed E-state index contributed by atoms with van der Waals surface area (Å²) in [5.41, 5.74) is 0. The quantitative estimate of drug-likeness (QED) is 0.462. The molecule has 1 aliphatic rings. The lowest BCUT2D eigenvalue weighted by Gasteiger charge is -2.34. The van der Waals surface area contributed by atoms with Gasteiger partial charge in [0.1, 0.15) is 0 Å². The highest BCUT2D eigenvalue weighted by atomic mass is 32.2. The van der Waals surface area contributed by atoms with Crippen molar-refractivity contribution in [2.45, 2.75) is 19.4 Å². The molecule has 0 amide bonds. The standard InChI is InChI=1S/C5H11N.H3NO2S/c1-5-3-4-6(5)2;1-4(2)3/h5H,3-4H2,1-2H3;4H,(H2,1,2,3). The molecule has 0 aromatic carbocycles. The van der Waals surface area contributed by atoms with Crippen LogP contribution in [0.1, 0.15) is 13.3 Å². The van der Waals surface area contributed by atoms with Crippen LogP contribution in [0, 0.1) is 0 Å². The van der Waals surface area contributed by atoms with Gasteiger partial charge >= 0.3 is 0 Å². The van der Waals surface area contributed by atoms with Gasteiger partial charge in [-0.05, 0) is 26.9 Å². The van der Waals surface area contributed by atoms with Crippen LogP contribution in [-0.4, -0.2) is 33.0 Å². The summed E-state index contributed by atoms with van der Waals surface area (Å²) in [7, 11) is -0.459. The molecule has 0 aromatic heterocycles. The lowest BCUT2D eigenvalue weighted by molar-refractivity contribution is 0.143. The molecule has 2 N–H and O–H groups in total. The Hall–Kier alpha value is -0.130. The van der Waals surface area contributed by atoms with E-state index in [-0.39, 0.29) is 0 Å². The lowest BCUT2D eigenvalue weighted by atomic mass is 10.1. The van der Waals surface area contributed by atoms with Crippen molar-refractivity contribution < 1.29 is 8.42 Å². The van der Waals surface area contributed by atoms with Crippen molar-refractivity contribution in [3.8, 4) is 0 Å². The molecule has 0 saturated carbocycles. The zero-order valence-electron chi connectivity index (χ0n) is 6.28. The maximum atomic E-state index is 8.81. The van der Waals surface area contributed by atoms with Crippen LogP contribution in [-0.2, 0) is 10.9 Å². The smallest absolute Gasteiger partial charge is 0.198 e. The van der Waals surface area contributed by atoms with Gasteiger partial charge in [-0.2, -0.15) is 0 Å². The number of thiol groups is 1. The van der Waals surface area contributed by atoms with Crippen LogP contribution in [0.15, 0.2) is 0 Å². The molecule has 0 aliphatic carbocycles. The number of likely N-dealkylation sites (tertiary alicyclic amines) is 1. The van der Waals surface area contributed by atoms with E-state index in [4.69, 9.17) is 8.42 Å². The number of rotatable bonds is 0. The zero-order chi connectivity index (χ0) is 8.15. The molecule has 0 spiro atoms. The summed E-state index contributed by atoms with van der Waals surface area (Å²) in [4.78, 5) is 2.35. The molecule has 1 fully saturated rings. The summed E-state index contributed by atoms with van der Waals surface area (Å²) >= 11 is 0. The summed E-state index contributed by atoms with van der Waals surface area (Å²) in [5, 5.41) is 4.06. The summed E-state index contributed by atoms with van der Waals surface area (Å²) in [6.07, 6.45) is 1.40. The van der Waals surface area contributed by atoms with Gasteiger partial charge in [-0.25, -0.2) is 13.6 Å². The highest BCUT2D eigenvalue weighted by Gasteiger charge is 2.17. The molecule has 62 valence electrons. The highest BCUT2D eigenvalue weighted by Crippen LogP contribution is 2.11. The van der Waals surface area contributed by atoms with E-state index >= 15 is 0 Å². The third-order valence-electron chi connectivity index (χ3n) is 1.65. The first-order valence-corrected chi connectivity index (χ1v) is 4.38. The number of nitrogens with two attached hydrogens (primary N) is 1. The van der Waals surface area contributed by atoms with Crippen LogP contribution < -0.4 is 5.14 Å². The fraction of sp³-hybridized carbons (Fsp3) is 1.00. The Labute approximate surface area is 63.1 Å². The van der Waals surface area contributed by atoms with Crippen molar-refractivity contribution >= 4 is 10.9 Å². The molecule has 0 bridgehead atoms. The fourth-order valence-corrected chi connectivity index (χ4v) is 0.645. The molecule has 10 heavy (non-hydrogen) atoms. The Morgan fingerprint density at radius 3 is 1.90 bits per heavy atom. The minimum Gasteiger partial charge on any atom is -0.304 e. The van der Waals surface area contributed by atoms with Crippen molar-refractivity contribution in [1.82, 2.24) is 4.90 Å². The Balaban J connectivity index is 0.000000180. The third kappa shape index (κ3) is 4.72. The molecule has 1 saturated heterocycles. The summed E-state index contributed by atoms with van der Waals surface area (Å²) < 4.78 is 17.6. The van der Waals surface area contributed by atoms with Crippen molar-refractivity contribution in [2.24, 2.45) is 5.14 Å². The molecule has 1 atom stereocenters. The van der Waals surface area contributed by atoms with Crippen LogP contribution >= 0.6 is 0 Å². The number of hydrogen-bond donors (Lipinski definition) is 2. The van der Waals surface area contributed by atoms with Crippen molar-refractivity contribution in [3.63, 3.8) is 0 Å². The second kappa shape index (κ2) is 4.65. The van der Waals surface area contributed by atoms with Gasteiger partial charge in [0.15, 0.2) is 10.9 Å². The second-order valence-corrected chi connectivity index (χ2v) is 2.97. The first kappa shape index (κ1) is 9.87. The molecule has 0 radical (unpaired) electrons. The van der Waals surface area contributed by atoms with E-state index in [9.17, 15) is 0 Å². The minimum absolute atomic E-state index is 0.866. The van der Waals surface area contributed by atoms with Crippen molar-refractivity contribution in [1.29, 1.82) is 0 Å². The molecule has 0 aromatic rings. The third-order valence-corrected chi connectivity index (χ3v) is 1.65. The first-order chi connectivity index (χ1) is 4.54. The van der Waals surface area contributed by atoms with E-state index < -0.39 is 10.9 Å². The predicted octanol–water partition coefficient (Wildman–Crippen LogP) is -0.818. The largest absolute Gasteiger partial charge is 0.304 e. The van der Waals surface area contributed by atoms with Crippen LogP contribution in [0.2, 0.25) is 0 Å². The molecule has 4 nitrogen and oxygen atoms in total. The van der Waals surface area contributed by atoms with Gasteiger partial charge in [0.05, 0.1) is 0 Å². The van der Waals surface area contributed by atoms with Gasteiger partial charge in [-0.3, -0.25) is 0 Å². The van der Waals surface area contributed by atoms with Crippen LogP contribution in [0.4, 0.5) is 0 Å². The van der Waals surface area contributed by atoms with E-state index in [1.807, 2.05) is 0 Å². The van der Waals surface area contributed by atoms with Gasteiger partial charge in [0, 0.05) is 6.04 Å². The number of hydrogen-bond acceptors (Lipinski definition) is 3. The van der Waals surface area contributed by atoms with Crippen LogP contribution in [0.3, 0.4) is 0 Å². The first-order valence-electron chi connectivity index (χ1n) is 3.13. The van der Waals surface area contributed by atoms with E-state index in [1.165, 1.54) is 13.0 Å². The average molecular weight is 166 g/mol. The predicted molar refractivity (Wildman–Crippen MR) is 41.2 cm³/mol. The molecular weight excluding hydrogens is 152 g/mol. The van der Waals surface area contributed by atoms with Crippen LogP contribution in [0.25, 0.3) is 0 Å². The number of nitrogens with zero attached hydrogens (tertiary/aromatic N) is 1. The molecule has 5 heteroatoms. The second-order valence-electron chi connectivity index (χ2n) is 2.40. The Morgan fingerprint density at radius 1 is 1.60 bits per heavy atom. The van der Waals surface area contributed by atoms with E-state index in [2.05, 4.69) is 24.0 Å². The van der Waals surface area contributed by atoms with E-state index in [0.717, 1.165) is 6.04 Å². The molecule has 1 heterocycles. The molecule has 1 aliphatic heterocycles. The van der Waals surface area contributed by atoms with E-state index in [1.54, 1.807) is 0 Å². The Morgan fingerprint density at radius 2 is 1.90 bits per heavy atom. The van der Waals surface area contributed by atoms with Gasteiger partial charge in [-0.1, -0.05) is 0 Å². The lowest BCUT2D eigenvalue weighted by Crippen LogP contribution is -2.41. The van der Waals surface area contributed by atoms with Gasteiger partial charge in [0.25, 0.3) is 0 Å². The SMILES string of the molecule is CC1CCN1C.N[SH](=O)=O. The zero-order valence-corrected chi connectivity index (χ0v) is 7.17. The molecule has 1 rings (SSSR count). The topological polar surface area (TPSA) is 63.4 Å². The Kier molecular flexibility index (Phi) is 4.59. The highest BCUT2D eigenvalue weighted by molar-refractivity contribution is 7.69. The van der Waals surface area contributed by atoms with Gasteiger partial charge in [-0.15, -0.1) is 0 Å². The summed E-state index contributed by atoms with van der Waals surface area (Å²) in [6, 6.07) is 0.866. The van der Waals surface area contributed by atoms with Crippen molar-refractivity contribution in [2.75, 3.05) is 13.6 Å². The van der Waals surface area contributed by atoms with Gasteiger partial charge in [0.2, 0.25) is 0 Å². The Bertz CT molecular complexity index is 142. The maximum absolute atomic E-state index is 8.81. The summed E-state index contributed by atoms with van der Waals surface area (Å²) in [5.74, 6) is 0. The minimum atomic E-state index is -2.62. The summed E-state index contributed by atoms with van der Waals surface area (Å²) in [6.45, 7) is 3.56. The van der Waals surface area contributed by atoms with Gasteiger partial charge < -0.3 is 4.90 Å². The average Bonchev–Trinajstić information content (AvgIpc) is 1.83. The normalized spacial score (nSPS) is 25.0. The fourth-order valence-electron chi connectivity index (χ4n) is 0.645. The van der Waals surface area contributed by atoms with Crippen molar-refractivity contribution in [3.05, 3.63) is 0 Å². The molecular formula is C5H14N2O2S. The van der Waals surface area contributed by atoms with Crippen LogP contribution in [0.5, 0.6) is 0 Å².